The maximum atomic E-state index is 11.3. The molecule has 0 amide bonds. The molecule has 1 aromatic carbocycles. The fourth-order valence-electron chi connectivity index (χ4n) is 2.32. The van der Waals surface area contributed by atoms with Crippen molar-refractivity contribution in [3.63, 3.8) is 0 Å². The average Bonchev–Trinajstić information content (AvgIpc) is 2.84. The lowest BCUT2D eigenvalue weighted by Gasteiger charge is -2.03. The lowest BCUT2D eigenvalue weighted by Crippen LogP contribution is -1.96. The monoisotopic (exact) mass is 380 g/mol. The minimum atomic E-state index is -0.277. The molecular formula is C14H12BrCl3O. The number of hydrogen-bond donors (Lipinski definition) is 0. The third-order valence-electron chi connectivity index (χ3n) is 3.68. The van der Waals surface area contributed by atoms with Crippen LogP contribution in [0.15, 0.2) is 24.3 Å². The zero-order valence-electron chi connectivity index (χ0n) is 10.4. The molecule has 2 rings (SSSR count). The Balaban J connectivity index is 2.25. The first-order valence-corrected chi connectivity index (χ1v) is 7.70. The fraction of sp³-hybridized carbons (Fsp3) is 0.357. The molecule has 19 heavy (non-hydrogen) atoms. The molecule has 2 atom stereocenters. The van der Waals surface area contributed by atoms with Gasteiger partial charge in [-0.15, -0.1) is 0 Å². The Morgan fingerprint density at radius 3 is 2.42 bits per heavy atom. The molecule has 1 fully saturated rings. The number of rotatable bonds is 3. The van der Waals surface area contributed by atoms with Gasteiger partial charge in [-0.1, -0.05) is 65.1 Å². The summed E-state index contributed by atoms with van der Waals surface area (Å²) in [7, 11) is 0. The van der Waals surface area contributed by atoms with Crippen LogP contribution in [0.3, 0.4) is 0 Å². The summed E-state index contributed by atoms with van der Waals surface area (Å²) in [6, 6.07) is 5.41. The van der Waals surface area contributed by atoms with E-state index in [-0.39, 0.29) is 22.5 Å². The van der Waals surface area contributed by atoms with Gasteiger partial charge in [-0.2, -0.15) is 0 Å². The second-order valence-electron chi connectivity index (χ2n) is 5.27. The van der Waals surface area contributed by atoms with Crippen molar-refractivity contribution in [2.24, 2.45) is 17.3 Å². The topological polar surface area (TPSA) is 17.1 Å². The molecule has 2 unspecified atom stereocenters. The predicted octanol–water partition coefficient (Wildman–Crippen LogP) is 5.77. The second-order valence-corrected chi connectivity index (χ2v) is 7.31. The van der Waals surface area contributed by atoms with E-state index in [0.29, 0.717) is 10.0 Å². The first-order chi connectivity index (χ1) is 8.75. The third-order valence-corrected chi connectivity index (χ3v) is 5.37. The highest BCUT2D eigenvalue weighted by Crippen LogP contribution is 2.60. The van der Waals surface area contributed by atoms with Gasteiger partial charge in [0.15, 0.2) is 0 Å². The zero-order chi connectivity index (χ0) is 14.4. The first-order valence-electron chi connectivity index (χ1n) is 5.77. The highest BCUT2D eigenvalue weighted by atomic mass is 79.9. The normalized spacial score (nSPS) is 25.3. The average molecular weight is 383 g/mol. The summed E-state index contributed by atoms with van der Waals surface area (Å²) in [4.78, 5) is 11.3. The molecule has 1 aliphatic carbocycles. The van der Waals surface area contributed by atoms with E-state index in [9.17, 15) is 4.79 Å². The summed E-state index contributed by atoms with van der Waals surface area (Å²) in [6.45, 7) is 4.07. The van der Waals surface area contributed by atoms with Gasteiger partial charge >= 0.3 is 0 Å². The quantitative estimate of drug-likeness (QED) is 0.607. The van der Waals surface area contributed by atoms with E-state index < -0.39 is 0 Å². The minimum absolute atomic E-state index is 0.0892. The third kappa shape index (κ3) is 3.02. The van der Waals surface area contributed by atoms with E-state index in [2.05, 4.69) is 15.9 Å². The zero-order valence-corrected chi connectivity index (χ0v) is 14.2. The predicted molar refractivity (Wildman–Crippen MR) is 85.0 cm³/mol. The van der Waals surface area contributed by atoms with Crippen molar-refractivity contribution in [1.29, 1.82) is 0 Å². The molecule has 0 saturated heterocycles. The van der Waals surface area contributed by atoms with Crippen LogP contribution < -0.4 is 0 Å². The Morgan fingerprint density at radius 2 is 1.95 bits per heavy atom. The van der Waals surface area contributed by atoms with Crippen molar-refractivity contribution in [3.8, 4) is 0 Å². The van der Waals surface area contributed by atoms with Gasteiger partial charge in [0.05, 0.1) is 10.0 Å². The van der Waals surface area contributed by atoms with Crippen LogP contribution >= 0.6 is 50.7 Å². The molecule has 0 spiro atoms. The van der Waals surface area contributed by atoms with E-state index in [1.807, 2.05) is 26.0 Å². The number of allylic oxidation sites excluding steroid dienone is 1. The summed E-state index contributed by atoms with van der Waals surface area (Å²) < 4.78 is 0.893. The van der Waals surface area contributed by atoms with Gasteiger partial charge in [0.2, 0.25) is 5.24 Å². The number of hydrogen-bond acceptors (Lipinski definition) is 1. The molecule has 1 aromatic rings. The number of carbonyl (C=O) groups is 1. The van der Waals surface area contributed by atoms with Crippen LogP contribution in [0.25, 0.3) is 4.48 Å². The highest BCUT2D eigenvalue weighted by molar-refractivity contribution is 9.15. The summed E-state index contributed by atoms with van der Waals surface area (Å²) in [5, 5.41) is 0.747. The van der Waals surface area contributed by atoms with Crippen LogP contribution in [0.4, 0.5) is 0 Å². The van der Waals surface area contributed by atoms with Crippen LogP contribution in [0.5, 0.6) is 0 Å². The van der Waals surface area contributed by atoms with Crippen LogP contribution in [0.1, 0.15) is 19.4 Å². The molecule has 1 saturated carbocycles. The molecule has 1 aliphatic rings. The van der Waals surface area contributed by atoms with Crippen molar-refractivity contribution in [2.75, 3.05) is 0 Å². The molecule has 0 aromatic heterocycles. The SMILES string of the molecule is CC1(C)C(C=C(Br)c2ccc(Cl)c(Cl)c2)C1C(=O)Cl. The van der Waals surface area contributed by atoms with Crippen LogP contribution in [-0.2, 0) is 4.79 Å². The van der Waals surface area contributed by atoms with Crippen molar-refractivity contribution in [3.05, 3.63) is 39.9 Å². The van der Waals surface area contributed by atoms with Gasteiger partial charge in [0, 0.05) is 10.4 Å². The molecule has 5 heteroatoms. The molecule has 102 valence electrons. The molecule has 1 nitrogen and oxygen atoms in total. The van der Waals surface area contributed by atoms with Crippen LogP contribution in [-0.4, -0.2) is 5.24 Å². The van der Waals surface area contributed by atoms with E-state index in [1.54, 1.807) is 12.1 Å². The number of carbonyl (C=O) groups excluding carboxylic acids is 1. The molecule has 0 aliphatic heterocycles. The summed E-state index contributed by atoms with van der Waals surface area (Å²) in [5.41, 5.74) is 0.839. The Bertz CT molecular complexity index is 566. The molecule has 0 N–H and O–H groups in total. The first kappa shape index (κ1) is 15.4. The molecular weight excluding hydrogens is 370 g/mol. The van der Waals surface area contributed by atoms with Gasteiger partial charge < -0.3 is 0 Å². The van der Waals surface area contributed by atoms with Crippen LogP contribution in [0, 0.1) is 17.3 Å². The standard InChI is InChI=1S/C14H12BrCl3O/c1-14(2)8(12(14)13(18)19)6-9(15)7-3-4-10(16)11(17)5-7/h3-6,8,12H,1-2H3. The number of benzene rings is 1. The van der Waals surface area contributed by atoms with E-state index >= 15 is 0 Å². The van der Waals surface area contributed by atoms with E-state index in [1.165, 1.54) is 0 Å². The largest absolute Gasteiger partial charge is 0.281 e. The minimum Gasteiger partial charge on any atom is -0.281 e. The Morgan fingerprint density at radius 1 is 1.32 bits per heavy atom. The summed E-state index contributed by atoms with van der Waals surface area (Å²) in [6.07, 6.45) is 2.02. The van der Waals surface area contributed by atoms with Gasteiger partial charge in [0.25, 0.3) is 0 Å². The summed E-state index contributed by atoms with van der Waals surface area (Å²) >= 11 is 21.0. The van der Waals surface area contributed by atoms with Crippen molar-refractivity contribution < 1.29 is 4.79 Å². The fourth-order valence-corrected chi connectivity index (χ4v) is 3.57. The smallest absolute Gasteiger partial charge is 0.225 e. The van der Waals surface area contributed by atoms with Crippen LogP contribution in [0.2, 0.25) is 10.0 Å². The Labute approximate surface area is 136 Å². The van der Waals surface area contributed by atoms with Gasteiger partial charge in [0.1, 0.15) is 0 Å². The number of halogens is 4. The van der Waals surface area contributed by atoms with E-state index in [4.69, 9.17) is 34.8 Å². The van der Waals surface area contributed by atoms with Gasteiger partial charge in [-0.3, -0.25) is 4.79 Å². The highest BCUT2D eigenvalue weighted by Gasteiger charge is 2.60. The Hall–Kier alpha value is -0.0200. The second kappa shape index (κ2) is 5.40. The molecule has 0 bridgehead atoms. The van der Waals surface area contributed by atoms with Gasteiger partial charge in [-0.05, 0) is 40.6 Å². The lowest BCUT2D eigenvalue weighted by atomic mass is 10.1. The molecule has 0 heterocycles. The van der Waals surface area contributed by atoms with Crippen molar-refractivity contribution >= 4 is 60.5 Å². The maximum Gasteiger partial charge on any atom is 0.225 e. The van der Waals surface area contributed by atoms with Crippen molar-refractivity contribution in [2.45, 2.75) is 13.8 Å². The van der Waals surface area contributed by atoms with E-state index in [0.717, 1.165) is 10.0 Å². The Kier molecular flexibility index (Phi) is 4.37. The summed E-state index contributed by atoms with van der Waals surface area (Å²) in [5.74, 6) is 0.0193. The van der Waals surface area contributed by atoms with Gasteiger partial charge in [-0.25, -0.2) is 0 Å². The lowest BCUT2D eigenvalue weighted by molar-refractivity contribution is -0.113. The molecule has 0 radical (unpaired) electrons. The van der Waals surface area contributed by atoms with Crippen molar-refractivity contribution in [1.82, 2.24) is 0 Å². The maximum absolute atomic E-state index is 11.3.